The van der Waals surface area contributed by atoms with Crippen LogP contribution >= 0.6 is 0 Å². The van der Waals surface area contributed by atoms with Gasteiger partial charge in [0.15, 0.2) is 5.82 Å². The predicted octanol–water partition coefficient (Wildman–Crippen LogP) is 2.77. The lowest BCUT2D eigenvalue weighted by Gasteiger charge is -2.08. The Labute approximate surface area is 168 Å². The van der Waals surface area contributed by atoms with Gasteiger partial charge in [-0.15, -0.1) is 5.10 Å². The van der Waals surface area contributed by atoms with Crippen molar-refractivity contribution in [3.63, 3.8) is 0 Å². The molecule has 0 saturated heterocycles. The van der Waals surface area contributed by atoms with Gasteiger partial charge in [0.1, 0.15) is 5.82 Å². The van der Waals surface area contributed by atoms with Gasteiger partial charge in [-0.3, -0.25) is 9.36 Å². The average molecular weight is 422 g/mol. The van der Waals surface area contributed by atoms with Crippen molar-refractivity contribution >= 4 is 5.91 Å². The van der Waals surface area contributed by atoms with Gasteiger partial charge in [0, 0.05) is 19.2 Å². The Morgan fingerprint density at radius 1 is 1.13 bits per heavy atom. The molecule has 0 unspecified atom stereocenters. The Bertz CT molecular complexity index is 1100. The summed E-state index contributed by atoms with van der Waals surface area (Å²) in [5.41, 5.74) is -0.565. The van der Waals surface area contributed by atoms with E-state index in [0.717, 1.165) is 21.4 Å². The summed E-state index contributed by atoms with van der Waals surface area (Å²) >= 11 is 0. The largest absolute Gasteiger partial charge is 0.416 e. The van der Waals surface area contributed by atoms with Crippen LogP contribution in [0.5, 0.6) is 0 Å². The van der Waals surface area contributed by atoms with E-state index in [1.54, 1.807) is 0 Å². The molecule has 0 atom stereocenters. The van der Waals surface area contributed by atoms with Crippen molar-refractivity contribution in [2.24, 2.45) is 7.05 Å². The number of rotatable bonds is 6. The van der Waals surface area contributed by atoms with E-state index in [1.165, 1.54) is 43.4 Å². The Morgan fingerprint density at radius 2 is 1.83 bits per heavy atom. The standard InChI is InChI=1S/C20H18F4N4O2/c1-27-18(14-3-2-4-15(12-14)20(22,23)24)26-28(19(27)30)10-9-25-17(29)11-13-5-7-16(21)8-6-13/h2-8,12H,9-11H2,1H3,(H,25,29). The van der Waals surface area contributed by atoms with Crippen molar-refractivity contribution in [2.75, 3.05) is 6.54 Å². The normalized spacial score (nSPS) is 11.5. The maximum absolute atomic E-state index is 12.9. The van der Waals surface area contributed by atoms with Gasteiger partial charge in [-0.25, -0.2) is 13.9 Å². The summed E-state index contributed by atoms with van der Waals surface area (Å²) in [7, 11) is 1.41. The second-order valence-electron chi connectivity index (χ2n) is 6.62. The monoisotopic (exact) mass is 422 g/mol. The summed E-state index contributed by atoms with van der Waals surface area (Å²) in [6.07, 6.45) is -4.46. The number of benzene rings is 2. The van der Waals surface area contributed by atoms with Gasteiger partial charge >= 0.3 is 11.9 Å². The van der Waals surface area contributed by atoms with Gasteiger partial charge < -0.3 is 5.32 Å². The molecule has 0 fully saturated rings. The first-order valence-corrected chi connectivity index (χ1v) is 8.98. The number of nitrogens with zero attached hydrogens (tertiary/aromatic N) is 3. The Hall–Kier alpha value is -3.43. The molecule has 10 heteroatoms. The Kier molecular flexibility index (Phi) is 6.04. The van der Waals surface area contributed by atoms with Gasteiger partial charge in [-0.05, 0) is 29.8 Å². The number of hydrogen-bond donors (Lipinski definition) is 1. The number of amides is 1. The third-order valence-corrected chi connectivity index (χ3v) is 4.41. The molecule has 6 nitrogen and oxygen atoms in total. The first-order chi connectivity index (χ1) is 14.1. The molecule has 1 heterocycles. The molecule has 3 rings (SSSR count). The van der Waals surface area contributed by atoms with Gasteiger partial charge in [0.25, 0.3) is 0 Å². The minimum atomic E-state index is -4.51. The van der Waals surface area contributed by atoms with Crippen LogP contribution in [0, 0.1) is 5.82 Å². The molecule has 0 aliphatic carbocycles. The van der Waals surface area contributed by atoms with Gasteiger partial charge in [0.05, 0.1) is 18.5 Å². The highest BCUT2D eigenvalue weighted by atomic mass is 19.4. The third kappa shape index (κ3) is 4.94. The van der Waals surface area contributed by atoms with E-state index >= 15 is 0 Å². The van der Waals surface area contributed by atoms with Crippen LogP contribution in [0.2, 0.25) is 0 Å². The summed E-state index contributed by atoms with van der Waals surface area (Å²) in [4.78, 5) is 24.3. The van der Waals surface area contributed by atoms with Gasteiger partial charge in [0.2, 0.25) is 5.91 Å². The zero-order valence-corrected chi connectivity index (χ0v) is 15.9. The maximum Gasteiger partial charge on any atom is 0.416 e. The number of aromatic nitrogens is 3. The predicted molar refractivity (Wildman–Crippen MR) is 101 cm³/mol. The molecule has 1 N–H and O–H groups in total. The van der Waals surface area contributed by atoms with Crippen LogP contribution in [0.4, 0.5) is 17.6 Å². The van der Waals surface area contributed by atoms with Crippen molar-refractivity contribution in [1.29, 1.82) is 0 Å². The molecule has 1 amide bonds. The maximum atomic E-state index is 12.9. The fourth-order valence-electron chi connectivity index (χ4n) is 2.87. The van der Waals surface area contributed by atoms with Crippen molar-refractivity contribution in [2.45, 2.75) is 19.1 Å². The summed E-state index contributed by atoms with van der Waals surface area (Å²) in [5.74, 6) is -0.627. The fourth-order valence-corrected chi connectivity index (χ4v) is 2.87. The summed E-state index contributed by atoms with van der Waals surface area (Å²) in [5, 5.41) is 6.73. The molecule has 0 spiro atoms. The number of nitrogens with one attached hydrogen (secondary N) is 1. The van der Waals surface area contributed by atoms with Crippen LogP contribution in [-0.2, 0) is 31.0 Å². The molecule has 158 valence electrons. The first-order valence-electron chi connectivity index (χ1n) is 8.98. The zero-order valence-electron chi connectivity index (χ0n) is 15.9. The molecule has 0 aliphatic rings. The summed E-state index contributed by atoms with van der Waals surface area (Å²) in [6.45, 7) is 0.139. The summed E-state index contributed by atoms with van der Waals surface area (Å²) < 4.78 is 53.9. The average Bonchev–Trinajstić information content (AvgIpc) is 2.98. The van der Waals surface area contributed by atoms with Crippen LogP contribution in [0.1, 0.15) is 11.1 Å². The van der Waals surface area contributed by atoms with Crippen molar-refractivity contribution < 1.29 is 22.4 Å². The van der Waals surface area contributed by atoms with E-state index in [9.17, 15) is 27.2 Å². The van der Waals surface area contributed by atoms with Crippen LogP contribution in [0.15, 0.2) is 53.3 Å². The molecule has 2 aromatic carbocycles. The van der Waals surface area contributed by atoms with E-state index in [4.69, 9.17) is 0 Å². The van der Waals surface area contributed by atoms with E-state index in [2.05, 4.69) is 10.4 Å². The smallest absolute Gasteiger partial charge is 0.354 e. The Balaban J connectivity index is 1.66. The molecule has 0 saturated carbocycles. The second kappa shape index (κ2) is 8.52. The van der Waals surface area contributed by atoms with E-state index < -0.39 is 23.2 Å². The van der Waals surface area contributed by atoms with Crippen LogP contribution in [0.3, 0.4) is 0 Å². The lowest BCUT2D eigenvalue weighted by molar-refractivity contribution is -0.137. The molecule has 3 aromatic rings. The van der Waals surface area contributed by atoms with Crippen molar-refractivity contribution in [3.8, 4) is 11.4 Å². The molecule has 1 aromatic heterocycles. The second-order valence-corrected chi connectivity index (χ2v) is 6.62. The number of halogens is 4. The third-order valence-electron chi connectivity index (χ3n) is 4.41. The van der Waals surface area contributed by atoms with Crippen LogP contribution < -0.4 is 11.0 Å². The van der Waals surface area contributed by atoms with Crippen LogP contribution in [0.25, 0.3) is 11.4 Å². The molecule has 0 radical (unpaired) electrons. The van der Waals surface area contributed by atoms with Crippen LogP contribution in [-0.4, -0.2) is 26.8 Å². The van der Waals surface area contributed by atoms with Gasteiger partial charge in [-0.2, -0.15) is 13.2 Å². The molecular formula is C20H18F4N4O2. The minimum Gasteiger partial charge on any atom is -0.354 e. The topological polar surface area (TPSA) is 68.9 Å². The number of carbonyl (C=O) groups is 1. The SMILES string of the molecule is Cn1c(-c2cccc(C(F)(F)F)c2)nn(CCNC(=O)Cc2ccc(F)cc2)c1=O. The fraction of sp³-hybridized carbons (Fsp3) is 0.250. The highest BCUT2D eigenvalue weighted by Gasteiger charge is 2.30. The van der Waals surface area contributed by atoms with Gasteiger partial charge in [-0.1, -0.05) is 24.3 Å². The minimum absolute atomic E-state index is 0.0425. The molecule has 30 heavy (non-hydrogen) atoms. The lowest BCUT2D eigenvalue weighted by Crippen LogP contribution is -2.32. The van der Waals surface area contributed by atoms with Crippen molar-refractivity contribution in [1.82, 2.24) is 19.7 Å². The molecule has 0 aliphatic heterocycles. The van der Waals surface area contributed by atoms with E-state index in [0.29, 0.717) is 5.56 Å². The lowest BCUT2D eigenvalue weighted by atomic mass is 10.1. The summed E-state index contributed by atoms with van der Waals surface area (Å²) in [6, 6.07) is 10.1. The highest BCUT2D eigenvalue weighted by molar-refractivity contribution is 5.78. The number of hydrogen-bond acceptors (Lipinski definition) is 3. The zero-order chi connectivity index (χ0) is 21.9. The van der Waals surface area contributed by atoms with E-state index in [-0.39, 0.29) is 36.8 Å². The first kappa shape index (κ1) is 21.3. The molecular weight excluding hydrogens is 404 g/mol. The molecule has 0 bridgehead atoms. The quantitative estimate of drug-likeness (QED) is 0.622. The highest BCUT2D eigenvalue weighted by Crippen LogP contribution is 2.31. The number of carbonyl (C=O) groups excluding carboxylic acids is 1. The van der Waals surface area contributed by atoms with E-state index in [1.807, 2.05) is 0 Å². The Morgan fingerprint density at radius 3 is 2.50 bits per heavy atom. The number of alkyl halides is 3. The van der Waals surface area contributed by atoms with Crippen molar-refractivity contribution in [3.05, 3.63) is 76.0 Å².